The van der Waals surface area contributed by atoms with Crippen LogP contribution in [-0.2, 0) is 20.1 Å². The normalized spacial score (nSPS) is 13.5. The van der Waals surface area contributed by atoms with E-state index in [1.807, 2.05) is 30.3 Å². The molecule has 110 valence electrons. The first-order valence-corrected chi connectivity index (χ1v) is 7.99. The fourth-order valence-corrected chi connectivity index (χ4v) is 2.46. The van der Waals surface area contributed by atoms with Gasteiger partial charge in [-0.15, -0.1) is 0 Å². The molecule has 0 aliphatic carbocycles. The van der Waals surface area contributed by atoms with Gasteiger partial charge in [-0.3, -0.25) is 4.79 Å². The molecule has 0 heterocycles. The predicted molar refractivity (Wildman–Crippen MR) is 83.1 cm³/mol. The average Bonchev–Trinajstić information content (AvgIpc) is 2.46. The summed E-state index contributed by atoms with van der Waals surface area (Å²) in [5.41, 5.74) is 1.11. The highest BCUT2D eigenvalue weighted by Crippen LogP contribution is 2.15. The third-order valence-electron chi connectivity index (χ3n) is 2.59. The van der Waals surface area contributed by atoms with E-state index in [-0.39, 0.29) is 5.75 Å². The molecule has 0 spiro atoms. The van der Waals surface area contributed by atoms with Crippen LogP contribution in [0.15, 0.2) is 30.3 Å². The maximum atomic E-state index is 11.6. The number of carboxylic acid groups (broad SMARTS) is 1. The van der Waals surface area contributed by atoms with Gasteiger partial charge in [-0.05, 0) is 5.56 Å². The first-order chi connectivity index (χ1) is 9.54. The highest BCUT2D eigenvalue weighted by molar-refractivity contribution is 7.98. The number of ether oxygens (including phenoxy) is 1. The Kier molecular flexibility index (Phi) is 7.54. The van der Waals surface area contributed by atoms with Gasteiger partial charge < -0.3 is 9.84 Å². The highest BCUT2D eigenvalue weighted by atomic mass is 32.2. The van der Waals surface area contributed by atoms with E-state index in [2.05, 4.69) is 12.6 Å². The fraction of sp³-hybridized carbons (Fsp3) is 0.429. The van der Waals surface area contributed by atoms with Crippen molar-refractivity contribution in [2.75, 3.05) is 11.5 Å². The van der Waals surface area contributed by atoms with Gasteiger partial charge >= 0.3 is 11.9 Å². The van der Waals surface area contributed by atoms with Crippen molar-refractivity contribution < 1.29 is 19.4 Å². The lowest BCUT2D eigenvalue weighted by atomic mass is 10.2. The highest BCUT2D eigenvalue weighted by Gasteiger charge is 2.24. The number of thioether (sulfide) groups is 1. The molecule has 0 bridgehead atoms. The third-order valence-corrected chi connectivity index (χ3v) is 4.21. The van der Waals surface area contributed by atoms with E-state index in [9.17, 15) is 9.59 Å². The van der Waals surface area contributed by atoms with Crippen LogP contribution in [0.3, 0.4) is 0 Å². The number of hydrogen-bond donors (Lipinski definition) is 2. The molecule has 0 unspecified atom stereocenters. The smallest absolute Gasteiger partial charge is 0.345 e. The summed E-state index contributed by atoms with van der Waals surface area (Å²) in [6.45, 7) is 1.66. The van der Waals surface area contributed by atoms with E-state index in [4.69, 9.17) is 9.84 Å². The SMILES string of the molecule is C[C@H](CS)C(=O)O[C@@H](CSCc1ccccc1)C(=O)O. The lowest BCUT2D eigenvalue weighted by molar-refractivity contribution is -0.164. The molecule has 1 rings (SSSR count). The van der Waals surface area contributed by atoms with Crippen molar-refractivity contribution in [3.05, 3.63) is 35.9 Å². The maximum Gasteiger partial charge on any atom is 0.345 e. The van der Waals surface area contributed by atoms with Crippen LogP contribution in [0.5, 0.6) is 0 Å². The van der Waals surface area contributed by atoms with Gasteiger partial charge in [0.1, 0.15) is 0 Å². The van der Waals surface area contributed by atoms with Crippen molar-refractivity contribution in [2.45, 2.75) is 18.8 Å². The molecule has 0 aromatic heterocycles. The molecule has 0 aliphatic heterocycles. The minimum Gasteiger partial charge on any atom is -0.478 e. The zero-order chi connectivity index (χ0) is 15.0. The number of thiol groups is 1. The van der Waals surface area contributed by atoms with Crippen LogP contribution in [-0.4, -0.2) is 34.7 Å². The molecule has 0 saturated heterocycles. The third kappa shape index (κ3) is 5.88. The largest absolute Gasteiger partial charge is 0.478 e. The van der Waals surface area contributed by atoms with Crippen molar-refractivity contribution in [1.82, 2.24) is 0 Å². The van der Waals surface area contributed by atoms with Crippen LogP contribution < -0.4 is 0 Å². The summed E-state index contributed by atoms with van der Waals surface area (Å²) in [5.74, 6) is -0.792. The standard InChI is InChI=1S/C14H18O4S2/c1-10(7-19)14(17)18-12(13(15)16)9-20-8-11-5-3-2-4-6-11/h2-6,10,12,19H,7-9H2,1H3,(H,15,16)/t10-,12+/m1/s1. The molecule has 1 aromatic carbocycles. The summed E-state index contributed by atoms with van der Waals surface area (Å²) >= 11 is 5.42. The Morgan fingerprint density at radius 2 is 2.00 bits per heavy atom. The molecule has 0 fully saturated rings. The Morgan fingerprint density at radius 3 is 2.55 bits per heavy atom. The second kappa shape index (κ2) is 8.92. The zero-order valence-corrected chi connectivity index (χ0v) is 12.9. The van der Waals surface area contributed by atoms with Crippen LogP contribution in [0.25, 0.3) is 0 Å². The number of aliphatic carboxylic acids is 1. The van der Waals surface area contributed by atoms with Gasteiger partial charge in [0.2, 0.25) is 6.10 Å². The van der Waals surface area contributed by atoms with E-state index < -0.39 is 24.0 Å². The maximum absolute atomic E-state index is 11.6. The molecule has 1 N–H and O–H groups in total. The number of benzene rings is 1. The number of hydrogen-bond acceptors (Lipinski definition) is 5. The van der Waals surface area contributed by atoms with Crippen LogP contribution in [0.4, 0.5) is 0 Å². The van der Waals surface area contributed by atoms with E-state index in [0.29, 0.717) is 11.5 Å². The Balaban J connectivity index is 2.43. The molecule has 6 heteroatoms. The first kappa shape index (κ1) is 16.9. The molecule has 1 aromatic rings. The molecular formula is C14H18O4S2. The lowest BCUT2D eigenvalue weighted by Crippen LogP contribution is -2.32. The number of carboxylic acids is 1. The fourth-order valence-electron chi connectivity index (χ4n) is 1.34. The van der Waals surface area contributed by atoms with Crippen LogP contribution in [0.2, 0.25) is 0 Å². The van der Waals surface area contributed by atoms with Crippen LogP contribution in [0.1, 0.15) is 12.5 Å². The number of rotatable bonds is 8. The van der Waals surface area contributed by atoms with Crippen molar-refractivity contribution >= 4 is 36.3 Å². The van der Waals surface area contributed by atoms with Gasteiger partial charge in [0.05, 0.1) is 5.92 Å². The monoisotopic (exact) mass is 314 g/mol. The molecule has 20 heavy (non-hydrogen) atoms. The van der Waals surface area contributed by atoms with Gasteiger partial charge in [-0.25, -0.2) is 4.79 Å². The Labute approximate surface area is 128 Å². The summed E-state index contributed by atoms with van der Waals surface area (Å²) in [6.07, 6.45) is -1.11. The predicted octanol–water partition coefficient (Wildman–Crippen LogP) is 2.48. The second-order valence-electron chi connectivity index (χ2n) is 4.35. The molecule has 0 amide bonds. The molecular weight excluding hydrogens is 296 g/mol. The first-order valence-electron chi connectivity index (χ1n) is 6.20. The lowest BCUT2D eigenvalue weighted by Gasteiger charge is -2.15. The van der Waals surface area contributed by atoms with Crippen molar-refractivity contribution in [2.24, 2.45) is 5.92 Å². The second-order valence-corrected chi connectivity index (χ2v) is 5.74. The van der Waals surface area contributed by atoms with E-state index in [1.165, 1.54) is 11.8 Å². The number of carbonyl (C=O) groups excluding carboxylic acids is 1. The average molecular weight is 314 g/mol. The Hall–Kier alpha value is -1.14. The van der Waals surface area contributed by atoms with Gasteiger partial charge in [0.25, 0.3) is 0 Å². The van der Waals surface area contributed by atoms with Gasteiger partial charge in [0, 0.05) is 17.3 Å². The summed E-state index contributed by atoms with van der Waals surface area (Å²) in [4.78, 5) is 22.7. The van der Waals surface area contributed by atoms with Crippen molar-refractivity contribution in [3.8, 4) is 0 Å². The number of esters is 1. The van der Waals surface area contributed by atoms with Crippen LogP contribution >= 0.6 is 24.4 Å². The van der Waals surface area contributed by atoms with Crippen molar-refractivity contribution in [1.29, 1.82) is 0 Å². The molecule has 0 aliphatic rings. The summed E-state index contributed by atoms with van der Waals surface area (Å²) in [7, 11) is 0. The topological polar surface area (TPSA) is 63.6 Å². The van der Waals surface area contributed by atoms with E-state index in [0.717, 1.165) is 5.56 Å². The minimum atomic E-state index is -1.12. The molecule has 0 saturated carbocycles. The molecule has 4 nitrogen and oxygen atoms in total. The van der Waals surface area contributed by atoms with E-state index >= 15 is 0 Å². The van der Waals surface area contributed by atoms with E-state index in [1.54, 1.807) is 6.92 Å². The van der Waals surface area contributed by atoms with Crippen molar-refractivity contribution in [3.63, 3.8) is 0 Å². The van der Waals surface area contributed by atoms with Gasteiger partial charge in [-0.1, -0.05) is 37.3 Å². The quantitative estimate of drug-likeness (QED) is 0.570. The number of carbonyl (C=O) groups is 2. The van der Waals surface area contributed by atoms with Crippen LogP contribution in [0, 0.1) is 5.92 Å². The minimum absolute atomic E-state index is 0.231. The molecule has 0 radical (unpaired) electrons. The summed E-state index contributed by atoms with van der Waals surface area (Å²) < 4.78 is 4.99. The van der Waals surface area contributed by atoms with Gasteiger partial charge in [0.15, 0.2) is 0 Å². The summed E-state index contributed by atoms with van der Waals surface area (Å²) in [6, 6.07) is 9.72. The van der Waals surface area contributed by atoms with Gasteiger partial charge in [-0.2, -0.15) is 24.4 Å². The Bertz CT molecular complexity index is 436. The zero-order valence-electron chi connectivity index (χ0n) is 11.2. The summed E-state index contributed by atoms with van der Waals surface area (Å²) in [5, 5.41) is 9.06. The molecule has 2 atom stereocenters. The Morgan fingerprint density at radius 1 is 1.35 bits per heavy atom.